The highest BCUT2D eigenvalue weighted by molar-refractivity contribution is 6.03. The summed E-state index contributed by atoms with van der Waals surface area (Å²) in [5, 5.41) is 0. The molecule has 316 valence electrons. The van der Waals surface area contributed by atoms with E-state index in [2.05, 4.69) is 257 Å². The Morgan fingerprint density at radius 2 is 0.788 bits per heavy atom. The van der Waals surface area contributed by atoms with Crippen LogP contribution in [0.1, 0.15) is 50.1 Å². The molecule has 9 aromatic carbocycles. The van der Waals surface area contributed by atoms with Gasteiger partial charge in [-0.3, -0.25) is 0 Å². The summed E-state index contributed by atoms with van der Waals surface area (Å²) in [6.07, 6.45) is 0. The zero-order valence-electron chi connectivity index (χ0n) is 37.7. The molecule has 1 aromatic heterocycles. The summed E-state index contributed by atoms with van der Waals surface area (Å²) in [6.45, 7) is 9.34. The Labute approximate surface area is 388 Å². The number of nitrogens with zero attached hydrogens (tertiary/aromatic N) is 1. The van der Waals surface area contributed by atoms with Crippen molar-refractivity contribution in [2.24, 2.45) is 0 Å². The number of rotatable bonds is 8. The molecule has 10 aromatic rings. The van der Waals surface area contributed by atoms with Crippen LogP contribution in [0.15, 0.2) is 229 Å². The number of furan rings is 1. The minimum Gasteiger partial charge on any atom is -0.459 e. The molecule has 0 fully saturated rings. The molecule has 0 atom stereocenters. The van der Waals surface area contributed by atoms with Gasteiger partial charge in [-0.25, -0.2) is 0 Å². The van der Waals surface area contributed by atoms with Crippen LogP contribution in [-0.4, -0.2) is 0 Å². The number of anilines is 3. The van der Waals surface area contributed by atoms with Crippen LogP contribution < -0.4 is 4.90 Å². The molecular weight excluding hydrogens is 799 g/mol. The van der Waals surface area contributed by atoms with Crippen LogP contribution in [0.5, 0.6) is 0 Å². The summed E-state index contributed by atoms with van der Waals surface area (Å²) in [6, 6.07) is 81.8. The Kier molecular flexibility index (Phi) is 9.22. The first-order valence-corrected chi connectivity index (χ1v) is 23.1. The van der Waals surface area contributed by atoms with E-state index in [9.17, 15) is 0 Å². The van der Waals surface area contributed by atoms with Crippen molar-refractivity contribution in [1.29, 1.82) is 0 Å². The Bertz CT molecular complexity index is 3430. The van der Waals surface area contributed by atoms with Crippen molar-refractivity contribution in [3.63, 3.8) is 0 Å². The maximum absolute atomic E-state index is 7.19. The molecule has 0 aliphatic heterocycles. The summed E-state index contributed by atoms with van der Waals surface area (Å²) >= 11 is 0. The molecule has 0 spiro atoms. The van der Waals surface area contributed by atoms with Crippen LogP contribution in [0.4, 0.5) is 17.1 Å². The summed E-state index contributed by atoms with van der Waals surface area (Å²) in [5.74, 6) is 1.91. The predicted octanol–water partition coefficient (Wildman–Crippen LogP) is 17.7. The van der Waals surface area contributed by atoms with Crippen molar-refractivity contribution in [1.82, 2.24) is 0 Å². The molecule has 0 radical (unpaired) electrons. The summed E-state index contributed by atoms with van der Waals surface area (Å²) in [5.41, 5.74) is 22.3. The molecule has 0 bridgehead atoms. The van der Waals surface area contributed by atoms with Crippen molar-refractivity contribution in [2.75, 3.05) is 4.90 Å². The van der Waals surface area contributed by atoms with Crippen LogP contribution in [0.25, 0.3) is 78.1 Å². The Morgan fingerprint density at radius 3 is 1.47 bits per heavy atom. The standard InChI is InChI=1S/C64H49NO/c1-63(2)55-28-15-14-26-53(55)54-39-38-51(41-57(54)63)65(49-36-34-45(35-37-49)43-20-10-6-11-21-43)50-25-16-24-48(40-50)52-27-17-29-56-59(52)60-58(46-32-30-44(31-33-46)42-18-8-5-9-19-42)61(47-22-12-7-13-23-47)66-62(60)64(56,3)4/h5-41H,1-4H3. The van der Waals surface area contributed by atoms with E-state index in [-0.39, 0.29) is 10.8 Å². The van der Waals surface area contributed by atoms with Gasteiger partial charge < -0.3 is 9.32 Å². The van der Waals surface area contributed by atoms with Gasteiger partial charge in [-0.15, -0.1) is 0 Å². The van der Waals surface area contributed by atoms with E-state index in [1.807, 2.05) is 0 Å². The molecule has 2 nitrogen and oxygen atoms in total. The van der Waals surface area contributed by atoms with E-state index in [0.29, 0.717) is 0 Å². The van der Waals surface area contributed by atoms with Crippen LogP contribution in [0.3, 0.4) is 0 Å². The third-order valence-electron chi connectivity index (χ3n) is 14.3. The molecule has 2 aliphatic rings. The fraction of sp³-hybridized carbons (Fsp3) is 0.0938. The highest BCUT2D eigenvalue weighted by Gasteiger charge is 2.44. The average Bonchev–Trinajstić information content (AvgIpc) is 3.96. The van der Waals surface area contributed by atoms with Crippen molar-refractivity contribution in [2.45, 2.75) is 38.5 Å². The van der Waals surface area contributed by atoms with Gasteiger partial charge in [0.25, 0.3) is 0 Å². The lowest BCUT2D eigenvalue weighted by atomic mass is 9.82. The minimum atomic E-state index is -0.370. The molecule has 12 rings (SSSR count). The van der Waals surface area contributed by atoms with E-state index in [1.54, 1.807) is 0 Å². The zero-order chi connectivity index (χ0) is 44.6. The minimum absolute atomic E-state index is 0.134. The lowest BCUT2D eigenvalue weighted by Crippen LogP contribution is -2.16. The molecule has 2 aliphatic carbocycles. The summed E-state index contributed by atoms with van der Waals surface area (Å²) in [7, 11) is 0. The normalized spacial score (nSPS) is 13.7. The second-order valence-corrected chi connectivity index (χ2v) is 18.9. The van der Waals surface area contributed by atoms with Crippen molar-refractivity contribution in [3.8, 4) is 78.1 Å². The monoisotopic (exact) mass is 847 g/mol. The predicted molar refractivity (Wildman–Crippen MR) is 276 cm³/mol. The molecule has 1 heterocycles. The number of hydrogen-bond acceptors (Lipinski definition) is 2. The zero-order valence-corrected chi connectivity index (χ0v) is 37.7. The number of fused-ring (bicyclic) bond motifs is 6. The van der Waals surface area contributed by atoms with Gasteiger partial charge in [0.15, 0.2) is 0 Å². The molecule has 0 saturated heterocycles. The fourth-order valence-corrected chi connectivity index (χ4v) is 10.9. The van der Waals surface area contributed by atoms with E-state index in [1.165, 1.54) is 66.8 Å². The quantitative estimate of drug-likeness (QED) is 0.151. The highest BCUT2D eigenvalue weighted by Crippen LogP contribution is 2.59. The topological polar surface area (TPSA) is 16.4 Å². The second-order valence-electron chi connectivity index (χ2n) is 18.9. The largest absolute Gasteiger partial charge is 0.459 e. The molecule has 0 N–H and O–H groups in total. The fourth-order valence-electron chi connectivity index (χ4n) is 10.9. The molecule has 0 saturated carbocycles. The van der Waals surface area contributed by atoms with Crippen molar-refractivity contribution < 1.29 is 4.42 Å². The number of hydrogen-bond donors (Lipinski definition) is 0. The smallest absolute Gasteiger partial charge is 0.142 e. The van der Waals surface area contributed by atoms with Gasteiger partial charge in [0.2, 0.25) is 0 Å². The van der Waals surface area contributed by atoms with Crippen LogP contribution in [-0.2, 0) is 10.8 Å². The average molecular weight is 848 g/mol. The van der Waals surface area contributed by atoms with Crippen molar-refractivity contribution in [3.05, 3.63) is 247 Å². The SMILES string of the molecule is CC1(C)c2ccccc2-c2ccc(N(c3ccc(-c4ccccc4)cc3)c3cccc(-c4cccc5c4-c4c(oc(-c6ccccc6)c4-c4ccc(-c6ccccc6)cc4)C5(C)C)c3)cc21. The van der Waals surface area contributed by atoms with E-state index in [4.69, 9.17) is 4.42 Å². The van der Waals surface area contributed by atoms with Gasteiger partial charge in [-0.1, -0.05) is 202 Å². The maximum atomic E-state index is 7.19. The number of benzene rings is 9. The first kappa shape index (κ1) is 39.6. The van der Waals surface area contributed by atoms with E-state index in [0.717, 1.165) is 50.8 Å². The van der Waals surface area contributed by atoms with Gasteiger partial charge >= 0.3 is 0 Å². The third-order valence-corrected chi connectivity index (χ3v) is 14.3. The van der Waals surface area contributed by atoms with E-state index < -0.39 is 0 Å². The maximum Gasteiger partial charge on any atom is 0.142 e. The third kappa shape index (κ3) is 6.31. The van der Waals surface area contributed by atoms with E-state index >= 15 is 0 Å². The van der Waals surface area contributed by atoms with Gasteiger partial charge in [0.1, 0.15) is 11.5 Å². The Hall–Kier alpha value is -7.94. The van der Waals surface area contributed by atoms with Crippen LogP contribution >= 0.6 is 0 Å². The highest BCUT2D eigenvalue weighted by atomic mass is 16.3. The molecule has 0 unspecified atom stereocenters. The summed E-state index contributed by atoms with van der Waals surface area (Å²) in [4.78, 5) is 2.43. The van der Waals surface area contributed by atoms with Crippen LogP contribution in [0, 0.1) is 0 Å². The molecular formula is C64H49NO. The van der Waals surface area contributed by atoms with Gasteiger partial charge in [0, 0.05) is 44.6 Å². The molecule has 66 heavy (non-hydrogen) atoms. The van der Waals surface area contributed by atoms with Gasteiger partial charge in [0.05, 0.1) is 0 Å². The Morgan fingerprint density at radius 1 is 0.303 bits per heavy atom. The van der Waals surface area contributed by atoms with Crippen molar-refractivity contribution >= 4 is 17.1 Å². The lowest BCUT2D eigenvalue weighted by Gasteiger charge is -2.29. The Balaban J connectivity index is 1.03. The first-order valence-electron chi connectivity index (χ1n) is 23.1. The summed E-state index contributed by atoms with van der Waals surface area (Å²) < 4.78 is 7.19. The molecule has 2 heteroatoms. The lowest BCUT2D eigenvalue weighted by molar-refractivity contribution is 0.448. The molecule has 0 amide bonds. The van der Waals surface area contributed by atoms with Gasteiger partial charge in [-0.2, -0.15) is 0 Å². The van der Waals surface area contributed by atoms with Gasteiger partial charge in [-0.05, 0) is 123 Å². The second kappa shape index (κ2) is 15.4. The van der Waals surface area contributed by atoms with Crippen LogP contribution in [0.2, 0.25) is 0 Å². The first-order chi connectivity index (χ1) is 32.3.